The van der Waals surface area contributed by atoms with E-state index in [0.717, 1.165) is 25.2 Å². The maximum absolute atomic E-state index is 13.9. The summed E-state index contributed by atoms with van der Waals surface area (Å²) in [6.45, 7) is 1.65. The summed E-state index contributed by atoms with van der Waals surface area (Å²) in [5, 5.41) is 0.730. The first-order valence-corrected chi connectivity index (χ1v) is 7.29. The van der Waals surface area contributed by atoms with E-state index in [-0.39, 0.29) is 22.4 Å². The lowest BCUT2D eigenvalue weighted by molar-refractivity contribution is 0.579. The highest BCUT2D eigenvalue weighted by atomic mass is 19.1. The minimum atomic E-state index is -0.523. The molecule has 1 aliphatic rings. The minimum Gasteiger partial charge on any atom is -0.453 e. The quantitative estimate of drug-likeness (QED) is 0.702. The Morgan fingerprint density at radius 1 is 1.23 bits per heavy atom. The van der Waals surface area contributed by atoms with Gasteiger partial charge in [0.2, 0.25) is 5.43 Å². The van der Waals surface area contributed by atoms with E-state index in [2.05, 4.69) is 4.90 Å². The second-order valence-electron chi connectivity index (χ2n) is 5.72. The lowest BCUT2D eigenvalue weighted by atomic mass is 10.1. The summed E-state index contributed by atoms with van der Waals surface area (Å²) in [4.78, 5) is 14.6. The fourth-order valence-electron chi connectivity index (χ4n) is 3.05. The smallest absolute Gasteiger partial charge is 0.200 e. The van der Waals surface area contributed by atoms with Crippen molar-refractivity contribution in [1.82, 2.24) is 0 Å². The number of nitrogens with zero attached hydrogens (tertiary/aromatic N) is 1. The predicted molar refractivity (Wildman–Crippen MR) is 84.8 cm³/mol. The van der Waals surface area contributed by atoms with Crippen molar-refractivity contribution in [2.45, 2.75) is 12.5 Å². The van der Waals surface area contributed by atoms with Crippen LogP contribution in [-0.4, -0.2) is 19.1 Å². The summed E-state index contributed by atoms with van der Waals surface area (Å²) in [6, 6.07) is 9.97. The molecule has 0 bridgehead atoms. The van der Waals surface area contributed by atoms with Gasteiger partial charge in [-0.15, -0.1) is 0 Å². The second kappa shape index (κ2) is 4.81. The van der Waals surface area contributed by atoms with Gasteiger partial charge < -0.3 is 15.1 Å². The summed E-state index contributed by atoms with van der Waals surface area (Å²) in [5.41, 5.74) is 7.08. The van der Waals surface area contributed by atoms with Crippen LogP contribution in [0.5, 0.6) is 0 Å². The van der Waals surface area contributed by atoms with E-state index < -0.39 is 5.82 Å². The Morgan fingerprint density at radius 3 is 2.86 bits per heavy atom. The van der Waals surface area contributed by atoms with E-state index in [9.17, 15) is 9.18 Å². The zero-order valence-corrected chi connectivity index (χ0v) is 11.9. The summed E-state index contributed by atoms with van der Waals surface area (Å²) >= 11 is 0. The van der Waals surface area contributed by atoms with E-state index in [4.69, 9.17) is 10.2 Å². The average Bonchev–Trinajstić information content (AvgIpc) is 2.95. The third-order valence-electron chi connectivity index (χ3n) is 4.22. The molecular weight excluding hydrogens is 283 g/mol. The van der Waals surface area contributed by atoms with Gasteiger partial charge in [-0.2, -0.15) is 0 Å². The fourth-order valence-corrected chi connectivity index (χ4v) is 3.05. The summed E-state index contributed by atoms with van der Waals surface area (Å²) in [5.74, 6) is -0.523. The van der Waals surface area contributed by atoms with Crippen LogP contribution in [0.3, 0.4) is 0 Å². The monoisotopic (exact) mass is 298 g/mol. The number of hydrogen-bond acceptors (Lipinski definition) is 4. The molecule has 0 spiro atoms. The van der Waals surface area contributed by atoms with Crippen LogP contribution in [0.2, 0.25) is 0 Å². The topological polar surface area (TPSA) is 59.5 Å². The van der Waals surface area contributed by atoms with Gasteiger partial charge in [0, 0.05) is 30.9 Å². The molecule has 0 aliphatic carbocycles. The molecular formula is C17H15FN2O2. The van der Waals surface area contributed by atoms with Crippen molar-refractivity contribution in [3.05, 3.63) is 52.4 Å². The van der Waals surface area contributed by atoms with Crippen molar-refractivity contribution in [3.63, 3.8) is 0 Å². The maximum atomic E-state index is 13.9. The molecule has 0 radical (unpaired) electrons. The van der Waals surface area contributed by atoms with Crippen molar-refractivity contribution >= 4 is 27.6 Å². The van der Waals surface area contributed by atoms with Gasteiger partial charge in [0.05, 0.1) is 10.8 Å². The molecule has 2 N–H and O–H groups in total. The van der Waals surface area contributed by atoms with Gasteiger partial charge in [-0.25, -0.2) is 4.39 Å². The normalized spacial score (nSPS) is 18.5. The Balaban J connectivity index is 1.94. The van der Waals surface area contributed by atoms with E-state index >= 15 is 0 Å². The molecule has 1 atom stereocenters. The molecule has 0 unspecified atom stereocenters. The zero-order valence-electron chi connectivity index (χ0n) is 11.9. The number of rotatable bonds is 1. The van der Waals surface area contributed by atoms with Gasteiger partial charge in [-0.3, -0.25) is 4.79 Å². The van der Waals surface area contributed by atoms with Gasteiger partial charge in [-0.1, -0.05) is 6.07 Å². The summed E-state index contributed by atoms with van der Waals surface area (Å²) in [7, 11) is 0. The maximum Gasteiger partial charge on any atom is 0.200 e. The molecule has 1 aliphatic heterocycles. The van der Waals surface area contributed by atoms with Gasteiger partial charge >= 0.3 is 0 Å². The van der Waals surface area contributed by atoms with Crippen molar-refractivity contribution in [2.75, 3.05) is 18.0 Å². The minimum absolute atomic E-state index is 0.00951. The van der Waals surface area contributed by atoms with Crippen LogP contribution >= 0.6 is 0 Å². The van der Waals surface area contributed by atoms with Crippen LogP contribution in [0.1, 0.15) is 6.42 Å². The molecule has 4 nitrogen and oxygen atoms in total. The molecule has 0 saturated carbocycles. The van der Waals surface area contributed by atoms with Crippen LogP contribution in [-0.2, 0) is 0 Å². The third-order valence-corrected chi connectivity index (χ3v) is 4.22. The van der Waals surface area contributed by atoms with Gasteiger partial charge in [0.1, 0.15) is 5.58 Å². The fraction of sp³-hybridized carbons (Fsp3) is 0.235. The molecule has 2 aromatic carbocycles. The van der Waals surface area contributed by atoms with E-state index in [1.54, 1.807) is 18.2 Å². The SMILES string of the molecule is N[C@@H]1CCN(c2ccc3c(=O)c4cccc(F)c4oc3c2)C1. The van der Waals surface area contributed by atoms with Crippen LogP contribution in [0, 0.1) is 5.82 Å². The molecule has 5 heteroatoms. The van der Waals surface area contributed by atoms with E-state index in [1.807, 2.05) is 6.07 Å². The summed E-state index contributed by atoms with van der Waals surface area (Å²) in [6.07, 6.45) is 0.939. The van der Waals surface area contributed by atoms with Crippen LogP contribution < -0.4 is 16.1 Å². The van der Waals surface area contributed by atoms with Gasteiger partial charge in [0.25, 0.3) is 0 Å². The average molecular weight is 298 g/mol. The zero-order chi connectivity index (χ0) is 15.3. The number of anilines is 1. The molecule has 1 aromatic heterocycles. The summed E-state index contributed by atoms with van der Waals surface area (Å²) < 4.78 is 19.5. The first kappa shape index (κ1) is 13.3. The van der Waals surface area contributed by atoms with Crippen molar-refractivity contribution < 1.29 is 8.81 Å². The molecule has 1 saturated heterocycles. The van der Waals surface area contributed by atoms with Crippen LogP contribution in [0.15, 0.2) is 45.6 Å². The van der Waals surface area contributed by atoms with Gasteiger partial charge in [0.15, 0.2) is 11.4 Å². The largest absolute Gasteiger partial charge is 0.453 e. The third kappa shape index (κ3) is 1.97. The molecule has 112 valence electrons. The first-order valence-electron chi connectivity index (χ1n) is 7.29. The standard InChI is InChI=1S/C17H15FN2O2/c18-14-3-1-2-13-16(21)12-5-4-11(8-15(12)22-17(13)14)20-7-6-10(19)9-20/h1-5,8,10H,6-7,9,19H2/t10-/m1/s1. The molecule has 4 rings (SSSR count). The lowest BCUT2D eigenvalue weighted by Crippen LogP contribution is -2.26. The van der Waals surface area contributed by atoms with E-state index in [0.29, 0.717) is 11.0 Å². The second-order valence-corrected chi connectivity index (χ2v) is 5.72. The number of nitrogens with two attached hydrogens (primary N) is 1. The first-order chi connectivity index (χ1) is 10.6. The Labute approximate surface area is 125 Å². The Kier molecular flexibility index (Phi) is 2.90. The predicted octanol–water partition coefficient (Wildman–Crippen LogP) is 2.62. The molecule has 22 heavy (non-hydrogen) atoms. The Morgan fingerprint density at radius 2 is 2.09 bits per heavy atom. The lowest BCUT2D eigenvalue weighted by Gasteiger charge is -2.18. The molecule has 0 amide bonds. The van der Waals surface area contributed by atoms with Crippen molar-refractivity contribution in [1.29, 1.82) is 0 Å². The molecule has 1 fully saturated rings. The van der Waals surface area contributed by atoms with Gasteiger partial charge in [-0.05, 0) is 30.7 Å². The number of para-hydroxylation sites is 1. The van der Waals surface area contributed by atoms with Crippen molar-refractivity contribution in [2.24, 2.45) is 5.73 Å². The highest BCUT2D eigenvalue weighted by Crippen LogP contribution is 2.26. The molecule has 3 aromatic rings. The van der Waals surface area contributed by atoms with E-state index in [1.165, 1.54) is 12.1 Å². The number of fused-ring (bicyclic) bond motifs is 2. The van der Waals surface area contributed by atoms with Crippen LogP contribution in [0.25, 0.3) is 21.9 Å². The highest BCUT2D eigenvalue weighted by molar-refractivity contribution is 5.91. The highest BCUT2D eigenvalue weighted by Gasteiger charge is 2.20. The van der Waals surface area contributed by atoms with Crippen LogP contribution in [0.4, 0.5) is 10.1 Å². The number of hydrogen-bond donors (Lipinski definition) is 1. The van der Waals surface area contributed by atoms with Crippen molar-refractivity contribution in [3.8, 4) is 0 Å². The molecule has 2 heterocycles. The Bertz CT molecular complexity index is 935. The number of halogens is 1. The Hall–Kier alpha value is -2.40. The number of benzene rings is 2.